The molecule has 0 saturated heterocycles. The molecule has 7 heteroatoms. The van der Waals surface area contributed by atoms with Gasteiger partial charge in [0, 0.05) is 0 Å². The molecule has 0 fully saturated rings. The predicted molar refractivity (Wildman–Crippen MR) is 68.0 cm³/mol. The van der Waals surface area contributed by atoms with E-state index in [2.05, 4.69) is 27.6 Å². The van der Waals surface area contributed by atoms with E-state index in [1.165, 1.54) is 6.20 Å². The van der Waals surface area contributed by atoms with Gasteiger partial charge in [-0.3, -0.25) is 10.1 Å². The van der Waals surface area contributed by atoms with Crippen LogP contribution in [-0.4, -0.2) is 9.91 Å². The molecule has 0 N–H and O–H groups in total. The summed E-state index contributed by atoms with van der Waals surface area (Å²) in [5.41, 5.74) is 0. The van der Waals surface area contributed by atoms with Crippen LogP contribution in [0.4, 0.5) is 5.00 Å². The lowest BCUT2D eigenvalue weighted by Gasteiger charge is -2.02. The van der Waals surface area contributed by atoms with Crippen LogP contribution in [0, 0.1) is 13.7 Å². The first-order valence-corrected chi connectivity index (χ1v) is 6.09. The van der Waals surface area contributed by atoms with E-state index < -0.39 is 4.92 Å². The molecule has 0 amide bonds. The highest BCUT2D eigenvalue weighted by atomic mass is 127. The van der Waals surface area contributed by atoms with Gasteiger partial charge < -0.3 is 4.74 Å². The van der Waals surface area contributed by atoms with E-state index in [0.717, 1.165) is 14.9 Å². The van der Waals surface area contributed by atoms with Crippen molar-refractivity contribution in [1.29, 1.82) is 0 Å². The van der Waals surface area contributed by atoms with Gasteiger partial charge in [-0.25, -0.2) is 4.98 Å². The first-order valence-electron chi connectivity index (χ1n) is 4.19. The molecule has 1 aromatic carbocycles. The number of nitro groups is 1. The van der Waals surface area contributed by atoms with Gasteiger partial charge >= 0.3 is 5.00 Å². The first kappa shape index (κ1) is 11.3. The minimum absolute atomic E-state index is 0.0269. The van der Waals surface area contributed by atoms with Gasteiger partial charge in [0.1, 0.15) is 11.9 Å². The lowest BCUT2D eigenvalue weighted by Crippen LogP contribution is -1.85. The number of hydrogen-bond donors (Lipinski definition) is 0. The van der Waals surface area contributed by atoms with E-state index in [1.54, 1.807) is 6.07 Å². The molecular formula is C9H5IN2O3S. The fraction of sp³-hybridized carbons (Fsp3) is 0. The molecule has 0 atom stereocenters. The summed E-state index contributed by atoms with van der Waals surface area (Å²) >= 11 is 3.03. The molecule has 0 aliphatic heterocycles. The number of para-hydroxylation sites is 1. The Balaban J connectivity index is 2.21. The minimum atomic E-state index is -0.486. The zero-order valence-electron chi connectivity index (χ0n) is 7.79. The highest BCUT2D eigenvalue weighted by molar-refractivity contribution is 14.1. The molecule has 82 valence electrons. The van der Waals surface area contributed by atoms with Crippen molar-refractivity contribution in [3.63, 3.8) is 0 Å². The van der Waals surface area contributed by atoms with Gasteiger partial charge in [0.2, 0.25) is 0 Å². The molecule has 1 heterocycles. The molecule has 2 rings (SSSR count). The number of nitrogens with zero attached hydrogens (tertiary/aromatic N) is 2. The summed E-state index contributed by atoms with van der Waals surface area (Å²) in [6, 6.07) is 7.39. The van der Waals surface area contributed by atoms with Crippen molar-refractivity contribution in [3.8, 4) is 10.9 Å². The van der Waals surface area contributed by atoms with Crippen molar-refractivity contribution in [2.45, 2.75) is 0 Å². The number of aromatic nitrogens is 1. The quantitative estimate of drug-likeness (QED) is 0.484. The van der Waals surface area contributed by atoms with Crippen LogP contribution in [0.2, 0.25) is 0 Å². The third-order valence-corrected chi connectivity index (χ3v) is 3.40. The lowest BCUT2D eigenvalue weighted by molar-refractivity contribution is -0.380. The van der Waals surface area contributed by atoms with E-state index >= 15 is 0 Å². The van der Waals surface area contributed by atoms with Gasteiger partial charge in [-0.2, -0.15) is 0 Å². The van der Waals surface area contributed by atoms with Gasteiger partial charge in [0.25, 0.3) is 5.19 Å². The molecule has 16 heavy (non-hydrogen) atoms. The zero-order valence-corrected chi connectivity index (χ0v) is 10.8. The molecule has 2 aromatic rings. The van der Waals surface area contributed by atoms with Crippen LogP contribution in [-0.2, 0) is 0 Å². The molecule has 5 nitrogen and oxygen atoms in total. The topological polar surface area (TPSA) is 65.3 Å². The number of rotatable bonds is 3. The van der Waals surface area contributed by atoms with Gasteiger partial charge in [-0.05, 0) is 46.1 Å². The molecule has 0 spiro atoms. The Hall–Kier alpha value is -1.22. The molecule has 0 radical (unpaired) electrons. The Labute approximate surface area is 108 Å². The normalized spacial score (nSPS) is 10.1. The van der Waals surface area contributed by atoms with Crippen LogP contribution in [0.1, 0.15) is 0 Å². The second-order valence-electron chi connectivity index (χ2n) is 2.75. The number of benzene rings is 1. The summed E-state index contributed by atoms with van der Waals surface area (Å²) in [7, 11) is 0. The fourth-order valence-electron chi connectivity index (χ4n) is 1.00. The number of thiazole rings is 1. The maximum absolute atomic E-state index is 10.5. The summed E-state index contributed by atoms with van der Waals surface area (Å²) in [4.78, 5) is 13.8. The summed E-state index contributed by atoms with van der Waals surface area (Å²) in [5, 5.41) is 10.7. The number of halogens is 1. The maximum Gasteiger partial charge on any atom is 0.347 e. The van der Waals surface area contributed by atoms with E-state index in [0.29, 0.717) is 5.75 Å². The van der Waals surface area contributed by atoms with Crippen LogP contribution in [0.5, 0.6) is 10.9 Å². The zero-order chi connectivity index (χ0) is 11.5. The van der Waals surface area contributed by atoms with Crippen molar-refractivity contribution in [2.24, 2.45) is 0 Å². The van der Waals surface area contributed by atoms with Crippen molar-refractivity contribution in [1.82, 2.24) is 4.98 Å². The van der Waals surface area contributed by atoms with Crippen molar-refractivity contribution < 1.29 is 9.66 Å². The smallest absolute Gasteiger partial charge is 0.347 e. The van der Waals surface area contributed by atoms with Gasteiger partial charge in [0.15, 0.2) is 0 Å². The highest BCUT2D eigenvalue weighted by Crippen LogP contribution is 2.32. The van der Waals surface area contributed by atoms with Crippen molar-refractivity contribution in [2.75, 3.05) is 0 Å². The van der Waals surface area contributed by atoms with E-state index in [1.807, 2.05) is 18.2 Å². The fourth-order valence-corrected chi connectivity index (χ4v) is 2.10. The minimum Gasteiger partial charge on any atom is -0.430 e. The van der Waals surface area contributed by atoms with Crippen LogP contribution >= 0.6 is 33.9 Å². The average molecular weight is 348 g/mol. The van der Waals surface area contributed by atoms with Crippen molar-refractivity contribution in [3.05, 3.63) is 44.1 Å². The van der Waals surface area contributed by atoms with Crippen LogP contribution in [0.25, 0.3) is 0 Å². The monoisotopic (exact) mass is 348 g/mol. The van der Waals surface area contributed by atoms with Gasteiger partial charge in [0.05, 0.1) is 8.49 Å². The molecular weight excluding hydrogens is 343 g/mol. The Morgan fingerprint density at radius 1 is 1.44 bits per heavy atom. The lowest BCUT2D eigenvalue weighted by atomic mass is 10.3. The average Bonchev–Trinajstić information content (AvgIpc) is 2.70. The van der Waals surface area contributed by atoms with Crippen LogP contribution < -0.4 is 4.74 Å². The second-order valence-corrected chi connectivity index (χ2v) is 4.89. The molecule has 0 bridgehead atoms. The first-order chi connectivity index (χ1) is 7.66. The molecule has 0 saturated carbocycles. The van der Waals surface area contributed by atoms with Crippen LogP contribution in [0.3, 0.4) is 0 Å². The molecule has 1 aromatic heterocycles. The van der Waals surface area contributed by atoms with Gasteiger partial charge in [-0.1, -0.05) is 12.1 Å². The third kappa shape index (κ3) is 2.47. The van der Waals surface area contributed by atoms with E-state index in [-0.39, 0.29) is 10.2 Å². The highest BCUT2D eigenvalue weighted by Gasteiger charge is 2.13. The van der Waals surface area contributed by atoms with E-state index in [9.17, 15) is 10.1 Å². The Bertz CT molecular complexity index is 529. The molecule has 0 aliphatic rings. The Morgan fingerprint density at radius 3 is 2.81 bits per heavy atom. The third-order valence-electron chi connectivity index (χ3n) is 1.69. The molecule has 0 unspecified atom stereocenters. The Kier molecular flexibility index (Phi) is 3.34. The van der Waals surface area contributed by atoms with Gasteiger partial charge in [-0.15, -0.1) is 0 Å². The summed E-state index contributed by atoms with van der Waals surface area (Å²) in [6.07, 6.45) is 1.19. The van der Waals surface area contributed by atoms with Crippen molar-refractivity contribution >= 4 is 38.9 Å². The summed E-state index contributed by atoms with van der Waals surface area (Å²) in [5.74, 6) is 0.646. The summed E-state index contributed by atoms with van der Waals surface area (Å²) in [6.45, 7) is 0. The maximum atomic E-state index is 10.5. The standard InChI is InChI=1S/C9H5IN2O3S/c10-6-3-1-2-4-7(6)15-9-11-5-8(16-9)12(13)14/h1-5H. The predicted octanol–water partition coefficient (Wildman–Crippen LogP) is 3.45. The second kappa shape index (κ2) is 4.74. The van der Waals surface area contributed by atoms with Crippen LogP contribution in [0.15, 0.2) is 30.5 Å². The SMILES string of the molecule is O=[N+]([O-])c1cnc(Oc2ccccc2I)s1. The largest absolute Gasteiger partial charge is 0.430 e. The number of ether oxygens (including phenoxy) is 1. The summed E-state index contributed by atoms with van der Waals surface area (Å²) < 4.78 is 6.36. The van der Waals surface area contributed by atoms with E-state index in [4.69, 9.17) is 4.74 Å². The Morgan fingerprint density at radius 2 is 2.19 bits per heavy atom. The number of hydrogen-bond acceptors (Lipinski definition) is 5. The molecule has 0 aliphatic carbocycles.